The van der Waals surface area contributed by atoms with Crippen LogP contribution in [0.2, 0.25) is 0 Å². The summed E-state index contributed by atoms with van der Waals surface area (Å²) in [6.45, 7) is 2.66. The van der Waals surface area contributed by atoms with Crippen LogP contribution in [0, 0.1) is 12.7 Å². The van der Waals surface area contributed by atoms with Crippen LogP contribution in [-0.2, 0) is 13.1 Å². The maximum absolute atomic E-state index is 14.8. The fraction of sp³-hybridized carbons (Fsp3) is 0.120. The van der Waals surface area contributed by atoms with Gasteiger partial charge in [0.15, 0.2) is 0 Å². The first-order valence-electron chi connectivity index (χ1n) is 10.5. The Labute approximate surface area is 189 Å². The smallest absolute Gasteiger partial charge is 0.295 e. The van der Waals surface area contributed by atoms with Crippen molar-refractivity contribution < 1.29 is 9.18 Å². The molecule has 0 aliphatic carbocycles. The molecule has 8 heteroatoms. The molecule has 0 radical (unpaired) electrons. The number of amides is 1. The molecule has 0 fully saturated rings. The van der Waals surface area contributed by atoms with Gasteiger partial charge in [0.05, 0.1) is 29.6 Å². The van der Waals surface area contributed by atoms with Gasteiger partial charge in [0.2, 0.25) is 5.82 Å². The van der Waals surface area contributed by atoms with Crippen LogP contribution < -0.4 is 5.32 Å². The lowest BCUT2D eigenvalue weighted by Crippen LogP contribution is -2.16. The number of para-hydroxylation sites is 2. The van der Waals surface area contributed by atoms with E-state index in [2.05, 4.69) is 20.4 Å². The highest BCUT2D eigenvalue weighted by molar-refractivity contribution is 6.01. The fourth-order valence-electron chi connectivity index (χ4n) is 3.78. The number of anilines is 1. The summed E-state index contributed by atoms with van der Waals surface area (Å²) in [6, 6.07) is 21.0. The van der Waals surface area contributed by atoms with E-state index in [9.17, 15) is 9.18 Å². The quantitative estimate of drug-likeness (QED) is 0.424. The molecule has 1 N–H and O–H groups in total. The van der Waals surface area contributed by atoms with Crippen LogP contribution in [0.15, 0.2) is 79.4 Å². The average molecular weight is 440 g/mol. The van der Waals surface area contributed by atoms with Gasteiger partial charge in [-0.15, -0.1) is 5.10 Å². The Kier molecular flexibility index (Phi) is 5.40. The molecule has 0 spiro atoms. The summed E-state index contributed by atoms with van der Waals surface area (Å²) in [5.41, 5.74) is 4.29. The van der Waals surface area contributed by atoms with E-state index in [1.807, 2.05) is 59.2 Å². The summed E-state index contributed by atoms with van der Waals surface area (Å²) >= 11 is 0. The molecule has 3 aromatic carbocycles. The Balaban J connectivity index is 1.35. The molecule has 1 amide bonds. The normalized spacial score (nSPS) is 11.1. The van der Waals surface area contributed by atoms with Gasteiger partial charge < -0.3 is 9.88 Å². The van der Waals surface area contributed by atoms with Crippen LogP contribution in [-0.4, -0.2) is 30.2 Å². The number of imidazole rings is 1. The highest BCUT2D eigenvalue weighted by Crippen LogP contribution is 2.23. The molecule has 0 aliphatic heterocycles. The zero-order valence-corrected chi connectivity index (χ0v) is 17.9. The monoisotopic (exact) mass is 440 g/mol. The van der Waals surface area contributed by atoms with Gasteiger partial charge in [0, 0.05) is 6.54 Å². The van der Waals surface area contributed by atoms with Crippen LogP contribution in [0.5, 0.6) is 0 Å². The predicted octanol–water partition coefficient (Wildman–Crippen LogP) is 4.42. The highest BCUT2D eigenvalue weighted by Gasteiger charge is 2.16. The van der Waals surface area contributed by atoms with Gasteiger partial charge in [-0.05, 0) is 41.8 Å². The number of aryl methyl sites for hydroxylation is 1. The van der Waals surface area contributed by atoms with Crippen molar-refractivity contribution in [3.8, 4) is 0 Å². The number of hydrogen-bond acceptors (Lipinski definition) is 4. The van der Waals surface area contributed by atoms with E-state index in [4.69, 9.17) is 0 Å². The van der Waals surface area contributed by atoms with E-state index in [0.717, 1.165) is 22.2 Å². The number of rotatable bonds is 6. The number of benzene rings is 3. The first-order valence-corrected chi connectivity index (χ1v) is 10.5. The summed E-state index contributed by atoms with van der Waals surface area (Å²) in [5.74, 6) is -1.06. The van der Waals surface area contributed by atoms with Crippen molar-refractivity contribution in [3.05, 3.63) is 108 Å². The van der Waals surface area contributed by atoms with Gasteiger partial charge in [-0.25, -0.2) is 19.0 Å². The second kappa shape index (κ2) is 8.66. The van der Waals surface area contributed by atoms with Crippen molar-refractivity contribution >= 4 is 22.6 Å². The Morgan fingerprint density at radius 3 is 2.58 bits per heavy atom. The zero-order valence-electron chi connectivity index (χ0n) is 17.9. The third-order valence-electron chi connectivity index (χ3n) is 5.37. The van der Waals surface area contributed by atoms with Crippen LogP contribution >= 0.6 is 0 Å². The zero-order chi connectivity index (χ0) is 22.8. The molecule has 0 saturated heterocycles. The highest BCUT2D eigenvalue weighted by atomic mass is 19.1. The number of carbonyl (C=O) groups is 1. The molecule has 7 nitrogen and oxygen atoms in total. The topological polar surface area (TPSA) is 77.6 Å². The Morgan fingerprint density at radius 1 is 0.939 bits per heavy atom. The first kappa shape index (κ1) is 20.6. The molecule has 0 saturated carbocycles. The minimum atomic E-state index is -0.564. The second-order valence-corrected chi connectivity index (χ2v) is 7.84. The van der Waals surface area contributed by atoms with Gasteiger partial charge in [-0.1, -0.05) is 48.5 Å². The molecule has 0 aliphatic rings. The number of fused-ring (bicyclic) bond motifs is 1. The number of nitrogens with one attached hydrogen (secondary N) is 1. The van der Waals surface area contributed by atoms with E-state index in [1.165, 1.54) is 6.33 Å². The lowest BCUT2D eigenvalue weighted by atomic mass is 10.1. The molecule has 5 aromatic rings. The minimum Gasteiger partial charge on any atom is -0.326 e. The first-order chi connectivity index (χ1) is 16.1. The third kappa shape index (κ3) is 4.36. The van der Waals surface area contributed by atoms with Crippen molar-refractivity contribution in [1.82, 2.24) is 24.3 Å². The van der Waals surface area contributed by atoms with E-state index >= 15 is 0 Å². The fourth-order valence-corrected chi connectivity index (χ4v) is 3.78. The summed E-state index contributed by atoms with van der Waals surface area (Å²) in [7, 11) is 0. The number of hydrogen-bond donors (Lipinski definition) is 1. The average Bonchev–Trinajstić information content (AvgIpc) is 3.45. The Hall–Kier alpha value is -4.33. The summed E-state index contributed by atoms with van der Waals surface area (Å²) < 4.78 is 18.4. The molecule has 0 unspecified atom stereocenters. The molecule has 0 bridgehead atoms. The molecule has 5 rings (SSSR count). The van der Waals surface area contributed by atoms with Gasteiger partial charge in [0.25, 0.3) is 5.91 Å². The molecule has 2 heterocycles. The van der Waals surface area contributed by atoms with Crippen molar-refractivity contribution in [2.45, 2.75) is 20.0 Å². The number of nitrogens with zero attached hydrogens (tertiary/aromatic N) is 5. The van der Waals surface area contributed by atoms with E-state index in [-0.39, 0.29) is 11.5 Å². The molecule has 33 heavy (non-hydrogen) atoms. The summed E-state index contributed by atoms with van der Waals surface area (Å²) in [5, 5.41) is 6.85. The number of halogens is 1. The maximum Gasteiger partial charge on any atom is 0.295 e. The predicted molar refractivity (Wildman–Crippen MR) is 123 cm³/mol. The second-order valence-electron chi connectivity index (χ2n) is 7.84. The van der Waals surface area contributed by atoms with Gasteiger partial charge in [-0.2, -0.15) is 0 Å². The van der Waals surface area contributed by atoms with E-state index in [0.29, 0.717) is 18.7 Å². The molecule has 164 valence electrons. The van der Waals surface area contributed by atoms with Gasteiger partial charge in [-0.3, -0.25) is 4.79 Å². The third-order valence-corrected chi connectivity index (χ3v) is 5.37. The lowest BCUT2D eigenvalue weighted by molar-refractivity contribution is 0.101. The SMILES string of the molecule is Cc1cc(Cn2cnc3ccccc32)cc(NC(=O)c2ncn(Cc3ccccc3)n2)c1F. The largest absolute Gasteiger partial charge is 0.326 e. The molecular formula is C25H21FN6O. The van der Waals surface area contributed by atoms with Crippen molar-refractivity contribution in [2.24, 2.45) is 0 Å². The maximum atomic E-state index is 14.8. The summed E-state index contributed by atoms with van der Waals surface area (Å²) in [4.78, 5) is 21.2. The van der Waals surface area contributed by atoms with Crippen molar-refractivity contribution in [3.63, 3.8) is 0 Å². The Morgan fingerprint density at radius 2 is 1.73 bits per heavy atom. The lowest BCUT2D eigenvalue weighted by Gasteiger charge is -2.11. The standard InChI is InChI=1S/C25H21FN6O/c1-17-11-19(13-31-15-27-20-9-5-6-10-22(20)31)12-21(23(17)26)29-25(33)24-28-16-32(30-24)14-18-7-3-2-4-8-18/h2-12,15-16H,13-14H2,1H3,(H,29,33). The molecular weight excluding hydrogens is 419 g/mol. The number of aromatic nitrogens is 5. The van der Waals surface area contributed by atoms with Crippen LogP contribution in [0.1, 0.15) is 27.3 Å². The molecule has 2 aromatic heterocycles. The minimum absolute atomic E-state index is 0.0195. The van der Waals surface area contributed by atoms with Crippen molar-refractivity contribution in [2.75, 3.05) is 5.32 Å². The van der Waals surface area contributed by atoms with Crippen LogP contribution in [0.25, 0.3) is 11.0 Å². The van der Waals surface area contributed by atoms with Gasteiger partial charge in [0.1, 0.15) is 12.1 Å². The Bertz CT molecular complexity index is 1440. The summed E-state index contributed by atoms with van der Waals surface area (Å²) in [6.07, 6.45) is 3.25. The van der Waals surface area contributed by atoms with Crippen LogP contribution in [0.4, 0.5) is 10.1 Å². The molecule has 0 atom stereocenters. The number of carbonyl (C=O) groups excluding carboxylic acids is 1. The van der Waals surface area contributed by atoms with Crippen LogP contribution in [0.3, 0.4) is 0 Å². The van der Waals surface area contributed by atoms with E-state index < -0.39 is 11.7 Å². The van der Waals surface area contributed by atoms with E-state index in [1.54, 1.807) is 30.1 Å². The van der Waals surface area contributed by atoms with Crippen molar-refractivity contribution in [1.29, 1.82) is 0 Å². The van der Waals surface area contributed by atoms with Gasteiger partial charge >= 0.3 is 0 Å².